The van der Waals surface area contributed by atoms with Crippen LogP contribution in [0.5, 0.6) is 5.75 Å². The molecule has 17 nitrogen and oxygen atoms in total. The number of ether oxygens (including phenoxy) is 1. The largest absolute Gasteiger partial charge is 0.424 e. The molecule has 21 heteroatoms. The van der Waals surface area contributed by atoms with Crippen molar-refractivity contribution in [3.05, 3.63) is 60.0 Å². The molecule has 3 heterocycles. The van der Waals surface area contributed by atoms with Crippen molar-refractivity contribution in [1.82, 2.24) is 25.1 Å². The lowest BCUT2D eigenvalue weighted by Crippen LogP contribution is -2.45. The van der Waals surface area contributed by atoms with E-state index < -0.39 is 44.7 Å². The third kappa shape index (κ3) is 8.49. The molecule has 5 rings (SSSR count). The number of carbonyl (C=O) groups is 2. The lowest BCUT2D eigenvalue weighted by atomic mass is 10.1. The number of esters is 1. The molecule has 0 atom stereocenters. The van der Waals surface area contributed by atoms with E-state index in [1.807, 2.05) is 11.9 Å². The average molecular weight is 739 g/mol. The second-order valence-electron chi connectivity index (χ2n) is 11.0. The minimum absolute atomic E-state index is 0.0290. The van der Waals surface area contributed by atoms with Crippen LogP contribution in [0.4, 0.5) is 27.4 Å². The summed E-state index contributed by atoms with van der Waals surface area (Å²) in [6, 6.07) is 8.95. The van der Waals surface area contributed by atoms with Gasteiger partial charge in [-0.25, -0.2) is 9.37 Å². The third-order valence-corrected chi connectivity index (χ3v) is 11.4. The number of hydrogen-bond donors (Lipinski definition) is 7. The summed E-state index contributed by atoms with van der Waals surface area (Å²) in [5.41, 5.74) is 1.15. The quantitative estimate of drug-likeness (QED) is 0.0505. The van der Waals surface area contributed by atoms with Crippen LogP contribution in [0.3, 0.4) is 0 Å². The summed E-state index contributed by atoms with van der Waals surface area (Å²) >= 11 is 6.36. The molecule has 0 unspecified atom stereocenters. The van der Waals surface area contributed by atoms with E-state index in [0.29, 0.717) is 42.8 Å². The summed E-state index contributed by atoms with van der Waals surface area (Å²) in [5.74, 6) is -3.20. The number of H-pyrrole nitrogens is 1. The average Bonchev–Trinajstić information content (AvgIpc) is 3.39. The fourth-order valence-corrected chi connectivity index (χ4v) is 7.59. The van der Waals surface area contributed by atoms with Gasteiger partial charge >= 0.3 is 21.2 Å². The predicted molar refractivity (Wildman–Crippen MR) is 178 cm³/mol. The second-order valence-corrected chi connectivity index (χ2v) is 15.4. The summed E-state index contributed by atoms with van der Waals surface area (Å²) in [4.78, 5) is 75.2. The van der Waals surface area contributed by atoms with Gasteiger partial charge in [0.1, 0.15) is 10.8 Å². The molecule has 1 saturated heterocycles. The summed E-state index contributed by atoms with van der Waals surface area (Å²) in [6.07, 6.45) is -0.247. The van der Waals surface area contributed by atoms with Crippen LogP contribution >= 0.6 is 26.8 Å². The lowest BCUT2D eigenvalue weighted by molar-refractivity contribution is -0.134. The number of amides is 1. The number of aromatic amines is 1. The molecule has 1 fully saturated rings. The maximum atomic E-state index is 15.9. The van der Waals surface area contributed by atoms with Crippen LogP contribution < -0.4 is 20.3 Å². The Morgan fingerprint density at radius 2 is 1.80 bits per heavy atom. The van der Waals surface area contributed by atoms with Gasteiger partial charge in [0.25, 0.3) is 0 Å². The zero-order valence-corrected chi connectivity index (χ0v) is 28.1. The highest BCUT2D eigenvalue weighted by molar-refractivity contribution is 7.70. The van der Waals surface area contributed by atoms with Gasteiger partial charge in [0.15, 0.2) is 22.6 Å². The number of benzene rings is 2. The summed E-state index contributed by atoms with van der Waals surface area (Å²) < 4.78 is 44.8. The van der Waals surface area contributed by atoms with Gasteiger partial charge in [-0.1, -0.05) is 30.3 Å². The van der Waals surface area contributed by atoms with Crippen molar-refractivity contribution in [3.8, 4) is 17.0 Å². The lowest BCUT2D eigenvalue weighted by Gasteiger charge is -2.35. The van der Waals surface area contributed by atoms with E-state index in [2.05, 4.69) is 37.4 Å². The fraction of sp³-hybridized carbons (Fsp3) is 0.250. The first-order valence-electron chi connectivity index (χ1n) is 14.3. The van der Waals surface area contributed by atoms with E-state index in [-0.39, 0.29) is 39.6 Å². The molecule has 1 amide bonds. The topological polar surface area (TPSA) is 243 Å². The zero-order valence-electron chi connectivity index (χ0n) is 25.6. The molecule has 0 saturated carbocycles. The third-order valence-electron chi connectivity index (χ3n) is 7.41. The smallest absolute Gasteiger partial charge is 0.341 e. The molecule has 1 aliphatic rings. The molecular weight excluding hydrogens is 709 g/mol. The summed E-state index contributed by atoms with van der Waals surface area (Å²) in [6.45, 7) is 5.16. The Morgan fingerprint density at radius 3 is 2.45 bits per heavy atom. The van der Waals surface area contributed by atoms with Crippen LogP contribution in [-0.2, 0) is 18.7 Å². The van der Waals surface area contributed by atoms with Crippen molar-refractivity contribution in [1.29, 1.82) is 0 Å². The molecule has 49 heavy (non-hydrogen) atoms. The Bertz CT molecular complexity index is 2010. The van der Waals surface area contributed by atoms with Crippen molar-refractivity contribution < 1.29 is 47.4 Å². The maximum Gasteiger partial charge on any atom is 0.341 e. The summed E-state index contributed by atoms with van der Waals surface area (Å²) in [5, 5.41) is 10.0. The Hall–Kier alpha value is -4.25. The van der Waals surface area contributed by atoms with Gasteiger partial charge in [-0.2, -0.15) is 10.1 Å². The number of nitrogens with one attached hydrogen (secondary N) is 3. The highest BCUT2D eigenvalue weighted by atomic mass is 35.5. The Kier molecular flexibility index (Phi) is 10.5. The first-order chi connectivity index (χ1) is 23.0. The number of nitrogens with zero attached hydrogens (tertiary/aromatic N) is 5. The number of fused-ring (bicyclic) bond motifs is 1. The molecule has 0 aliphatic carbocycles. The minimum atomic E-state index is -5.45. The van der Waals surface area contributed by atoms with Crippen LogP contribution in [0.1, 0.15) is 6.42 Å². The Balaban J connectivity index is 1.54. The Morgan fingerprint density at radius 1 is 1.10 bits per heavy atom. The predicted octanol–water partition coefficient (Wildman–Crippen LogP) is 3.41. The van der Waals surface area contributed by atoms with Crippen LogP contribution in [0.15, 0.2) is 49.1 Å². The van der Waals surface area contributed by atoms with E-state index in [0.717, 1.165) is 12.1 Å². The summed E-state index contributed by atoms with van der Waals surface area (Å²) in [7, 11) is -9.03. The molecule has 260 valence electrons. The van der Waals surface area contributed by atoms with Gasteiger partial charge in [-0.15, -0.1) is 0 Å². The number of hydrogen-bond acceptors (Lipinski definition) is 11. The zero-order chi connectivity index (χ0) is 35.7. The van der Waals surface area contributed by atoms with E-state index in [1.54, 1.807) is 29.2 Å². The number of carbonyl (C=O) groups excluding carboxylic acids is 2. The SMILES string of the molecule is C=CC(=O)Nc1cccc(-c2nc(Nc3cc(F)c(N4CCN(C)CC4)c(OC(=O)CC(P(=O)(O)O)P(=O)(O)O)c3)nc3n[nH]c(Cl)c23)c1. The monoisotopic (exact) mass is 738 g/mol. The molecule has 2 aromatic carbocycles. The van der Waals surface area contributed by atoms with Crippen LogP contribution in [0.2, 0.25) is 5.15 Å². The number of piperazine rings is 1. The minimum Gasteiger partial charge on any atom is -0.424 e. The number of halogens is 2. The van der Waals surface area contributed by atoms with E-state index >= 15 is 4.39 Å². The van der Waals surface area contributed by atoms with Gasteiger partial charge in [-0.3, -0.25) is 23.8 Å². The second kappa shape index (κ2) is 14.3. The van der Waals surface area contributed by atoms with Crippen LogP contribution in [0, 0.1) is 5.82 Å². The normalized spacial score (nSPS) is 14.2. The van der Waals surface area contributed by atoms with E-state index in [9.17, 15) is 38.3 Å². The van der Waals surface area contributed by atoms with Gasteiger partial charge < -0.3 is 44.7 Å². The van der Waals surface area contributed by atoms with Crippen molar-refractivity contribution in [2.45, 2.75) is 11.8 Å². The maximum absolute atomic E-state index is 15.9. The van der Waals surface area contributed by atoms with E-state index in [4.69, 9.17) is 16.3 Å². The van der Waals surface area contributed by atoms with Crippen molar-refractivity contribution in [2.24, 2.45) is 0 Å². The molecule has 2 aromatic heterocycles. The molecule has 0 radical (unpaired) electrons. The standard InChI is InChI=1S/C28H30ClFN8O9P2/c1-3-20(39)31-16-6-4-5-15(11-16)24-23-26(29)35-36-27(23)34-28(33-24)32-17-12-18(30)25(38-9-7-37(2)8-10-38)19(13-17)47-21(40)14-22(48(41,42)43)49(44,45)46/h3-6,11-13,22H,1,7-10,14H2,2H3,(H,31,39)(H2,41,42,43)(H2,44,45,46)(H2,32,33,34,35,36). The molecule has 0 bridgehead atoms. The number of rotatable bonds is 11. The number of aromatic nitrogens is 4. The van der Waals surface area contributed by atoms with Crippen molar-refractivity contribution in [2.75, 3.05) is 48.8 Å². The molecular formula is C28H30ClFN8O9P2. The molecule has 4 aromatic rings. The van der Waals surface area contributed by atoms with Gasteiger partial charge in [-0.05, 0) is 31.3 Å². The van der Waals surface area contributed by atoms with Crippen molar-refractivity contribution >= 4 is 72.7 Å². The highest BCUT2D eigenvalue weighted by Crippen LogP contribution is 2.61. The fourth-order valence-electron chi connectivity index (χ4n) is 5.03. The number of anilines is 4. The first kappa shape index (κ1) is 36.0. The van der Waals surface area contributed by atoms with E-state index in [1.165, 1.54) is 6.07 Å². The van der Waals surface area contributed by atoms with Crippen molar-refractivity contribution in [3.63, 3.8) is 0 Å². The van der Waals surface area contributed by atoms with Gasteiger partial charge in [0, 0.05) is 49.2 Å². The number of likely N-dealkylation sites (N-methyl/N-ethyl adjacent to an activating group) is 1. The first-order valence-corrected chi connectivity index (χ1v) is 18.1. The Labute approximate surface area is 282 Å². The van der Waals surface area contributed by atoms with Gasteiger partial charge in [0.05, 0.1) is 17.5 Å². The van der Waals surface area contributed by atoms with Gasteiger partial charge in [0.2, 0.25) is 11.9 Å². The highest BCUT2D eigenvalue weighted by Gasteiger charge is 2.45. The van der Waals surface area contributed by atoms with Crippen LogP contribution in [-0.4, -0.2) is 95.1 Å². The molecule has 0 spiro atoms. The van der Waals surface area contributed by atoms with Crippen LogP contribution in [0.25, 0.3) is 22.3 Å². The molecule has 1 aliphatic heterocycles. The molecule has 7 N–H and O–H groups in total.